The molecule has 0 atom stereocenters. The number of nitrogens with one attached hydrogen (secondary N) is 2. The molecule has 3 aromatic carbocycles. The molecule has 0 saturated carbocycles. The van der Waals surface area contributed by atoms with Crippen molar-refractivity contribution < 1.29 is 14.0 Å². The molecule has 2 amide bonds. The minimum Gasteiger partial charge on any atom is -0.326 e. The molecule has 1 aromatic heterocycles. The van der Waals surface area contributed by atoms with Gasteiger partial charge in [0.1, 0.15) is 5.82 Å². The van der Waals surface area contributed by atoms with Crippen molar-refractivity contribution in [3.63, 3.8) is 0 Å². The summed E-state index contributed by atoms with van der Waals surface area (Å²) in [5.74, 6) is -0.0620. The van der Waals surface area contributed by atoms with Gasteiger partial charge in [0.05, 0.1) is 5.75 Å². The topological polar surface area (TPSA) is 88.9 Å². The van der Waals surface area contributed by atoms with E-state index in [9.17, 15) is 14.0 Å². The molecule has 35 heavy (non-hydrogen) atoms. The molecule has 0 spiro atoms. The van der Waals surface area contributed by atoms with Gasteiger partial charge in [0.25, 0.3) is 0 Å². The van der Waals surface area contributed by atoms with Gasteiger partial charge in [-0.3, -0.25) is 14.2 Å². The maximum atomic E-state index is 13.4. The second kappa shape index (κ2) is 11.0. The Morgan fingerprint density at radius 3 is 2.14 bits per heavy atom. The van der Waals surface area contributed by atoms with Crippen molar-refractivity contribution in [2.75, 3.05) is 16.4 Å². The summed E-state index contributed by atoms with van der Waals surface area (Å²) in [4.78, 5) is 24.4. The number of nitrogens with zero attached hydrogens (tertiary/aromatic N) is 3. The van der Waals surface area contributed by atoms with Crippen molar-refractivity contribution in [2.45, 2.75) is 19.0 Å². The fraction of sp³-hybridized carbons (Fsp3) is 0.154. The molecular weight excluding hydrogens is 465 g/mol. The third-order valence-electron chi connectivity index (χ3n) is 5.04. The quantitative estimate of drug-likeness (QED) is 0.324. The summed E-state index contributed by atoms with van der Waals surface area (Å²) >= 11 is 1.25. The zero-order chi connectivity index (χ0) is 24.8. The van der Waals surface area contributed by atoms with E-state index in [1.54, 1.807) is 36.4 Å². The maximum absolute atomic E-state index is 13.4. The van der Waals surface area contributed by atoms with Crippen molar-refractivity contribution in [2.24, 2.45) is 5.92 Å². The van der Waals surface area contributed by atoms with E-state index in [4.69, 9.17) is 0 Å². The Balaban J connectivity index is 1.46. The van der Waals surface area contributed by atoms with Crippen LogP contribution in [0, 0.1) is 11.7 Å². The Bertz CT molecular complexity index is 1310. The number of carbonyl (C=O) groups is 2. The SMILES string of the molecule is CC(C)C(=O)Nc1ccc(NC(=O)CSc2nnc(-c3ccc(F)cc3)n2-c2ccccc2)cc1. The molecule has 0 saturated heterocycles. The summed E-state index contributed by atoms with van der Waals surface area (Å²) < 4.78 is 15.3. The Morgan fingerprint density at radius 1 is 0.886 bits per heavy atom. The number of anilines is 2. The molecule has 2 N–H and O–H groups in total. The molecule has 0 bridgehead atoms. The monoisotopic (exact) mass is 489 g/mol. The van der Waals surface area contributed by atoms with E-state index in [0.29, 0.717) is 27.9 Å². The fourth-order valence-corrected chi connectivity index (χ4v) is 3.96. The molecule has 7 nitrogen and oxygen atoms in total. The van der Waals surface area contributed by atoms with Crippen LogP contribution in [0.5, 0.6) is 0 Å². The van der Waals surface area contributed by atoms with Gasteiger partial charge < -0.3 is 10.6 Å². The molecule has 0 aliphatic rings. The Morgan fingerprint density at radius 2 is 1.51 bits per heavy atom. The van der Waals surface area contributed by atoms with E-state index in [1.165, 1.54) is 23.9 Å². The highest BCUT2D eigenvalue weighted by Crippen LogP contribution is 2.28. The average molecular weight is 490 g/mol. The summed E-state index contributed by atoms with van der Waals surface area (Å²) in [5, 5.41) is 14.8. The highest BCUT2D eigenvalue weighted by molar-refractivity contribution is 7.99. The van der Waals surface area contributed by atoms with Crippen LogP contribution in [-0.4, -0.2) is 32.3 Å². The molecule has 0 unspecified atom stereocenters. The Hall–Kier alpha value is -3.98. The predicted molar refractivity (Wildman–Crippen MR) is 136 cm³/mol. The van der Waals surface area contributed by atoms with Gasteiger partial charge in [-0.2, -0.15) is 0 Å². The Kier molecular flexibility index (Phi) is 7.57. The molecule has 1 heterocycles. The fourth-order valence-electron chi connectivity index (χ4n) is 3.21. The lowest BCUT2D eigenvalue weighted by Gasteiger charge is -2.11. The van der Waals surface area contributed by atoms with E-state index in [-0.39, 0.29) is 29.3 Å². The third-order valence-corrected chi connectivity index (χ3v) is 5.97. The largest absolute Gasteiger partial charge is 0.326 e. The van der Waals surface area contributed by atoms with Gasteiger partial charge in [0, 0.05) is 28.5 Å². The summed E-state index contributed by atoms with van der Waals surface area (Å²) in [6.07, 6.45) is 0. The number of thioether (sulfide) groups is 1. The summed E-state index contributed by atoms with van der Waals surface area (Å²) in [6, 6.07) is 22.5. The van der Waals surface area contributed by atoms with Crippen LogP contribution in [0.2, 0.25) is 0 Å². The van der Waals surface area contributed by atoms with E-state index in [1.807, 2.05) is 48.7 Å². The Labute approximate surface area is 206 Å². The zero-order valence-corrected chi connectivity index (χ0v) is 20.1. The van der Waals surface area contributed by atoms with E-state index < -0.39 is 0 Å². The van der Waals surface area contributed by atoms with E-state index >= 15 is 0 Å². The van der Waals surface area contributed by atoms with Crippen molar-refractivity contribution >= 4 is 35.0 Å². The maximum Gasteiger partial charge on any atom is 0.234 e. The lowest BCUT2D eigenvalue weighted by atomic mass is 10.2. The lowest BCUT2D eigenvalue weighted by Crippen LogP contribution is -2.18. The van der Waals surface area contributed by atoms with Gasteiger partial charge in [-0.25, -0.2) is 4.39 Å². The van der Waals surface area contributed by atoms with E-state index in [2.05, 4.69) is 20.8 Å². The van der Waals surface area contributed by atoms with Crippen molar-refractivity contribution in [3.05, 3.63) is 84.7 Å². The van der Waals surface area contributed by atoms with Gasteiger partial charge >= 0.3 is 0 Å². The second-order valence-corrected chi connectivity index (χ2v) is 8.98. The number of benzene rings is 3. The highest BCUT2D eigenvalue weighted by Gasteiger charge is 2.17. The van der Waals surface area contributed by atoms with Crippen LogP contribution in [-0.2, 0) is 9.59 Å². The standard InChI is InChI=1S/C26H24FN5O2S/c1-17(2)25(34)29-21-14-12-20(13-15-21)28-23(33)16-35-26-31-30-24(18-8-10-19(27)11-9-18)32(26)22-6-4-3-5-7-22/h3-15,17H,16H2,1-2H3,(H,28,33)(H,29,34). The molecule has 0 aliphatic heterocycles. The first kappa shape index (κ1) is 24.2. The van der Waals surface area contributed by atoms with Crippen LogP contribution in [0.3, 0.4) is 0 Å². The predicted octanol–water partition coefficient (Wildman–Crippen LogP) is 5.40. The molecule has 0 radical (unpaired) electrons. The van der Waals surface area contributed by atoms with Crippen LogP contribution in [0.15, 0.2) is 84.0 Å². The zero-order valence-electron chi connectivity index (χ0n) is 19.2. The van der Waals surface area contributed by atoms with Gasteiger partial charge in [-0.1, -0.05) is 43.8 Å². The molecule has 0 aliphatic carbocycles. The first-order valence-electron chi connectivity index (χ1n) is 11.0. The summed E-state index contributed by atoms with van der Waals surface area (Å²) in [5.41, 5.74) is 2.83. The first-order valence-corrected chi connectivity index (χ1v) is 12.0. The number of aromatic nitrogens is 3. The van der Waals surface area contributed by atoms with Crippen LogP contribution in [0.25, 0.3) is 17.1 Å². The molecule has 178 valence electrons. The highest BCUT2D eigenvalue weighted by atomic mass is 32.2. The van der Waals surface area contributed by atoms with Crippen LogP contribution in [0.4, 0.5) is 15.8 Å². The molecule has 0 fully saturated rings. The molecule has 4 rings (SSSR count). The van der Waals surface area contributed by atoms with Crippen molar-refractivity contribution in [1.82, 2.24) is 14.8 Å². The first-order chi connectivity index (χ1) is 16.9. The second-order valence-electron chi connectivity index (χ2n) is 8.04. The minimum atomic E-state index is -0.332. The summed E-state index contributed by atoms with van der Waals surface area (Å²) in [7, 11) is 0. The third kappa shape index (κ3) is 6.13. The van der Waals surface area contributed by atoms with Gasteiger partial charge in [-0.15, -0.1) is 10.2 Å². The number of carbonyl (C=O) groups excluding carboxylic acids is 2. The number of hydrogen-bond acceptors (Lipinski definition) is 5. The van der Waals surface area contributed by atoms with Gasteiger partial charge in [0.2, 0.25) is 11.8 Å². The lowest BCUT2D eigenvalue weighted by molar-refractivity contribution is -0.119. The number of rotatable bonds is 8. The van der Waals surface area contributed by atoms with Gasteiger partial charge in [-0.05, 0) is 60.7 Å². The molecular formula is C26H24FN5O2S. The number of halogens is 1. The average Bonchev–Trinajstić information content (AvgIpc) is 3.29. The normalized spacial score (nSPS) is 10.9. The van der Waals surface area contributed by atoms with Crippen molar-refractivity contribution in [1.29, 1.82) is 0 Å². The molecule has 9 heteroatoms. The smallest absolute Gasteiger partial charge is 0.234 e. The van der Waals surface area contributed by atoms with Crippen molar-refractivity contribution in [3.8, 4) is 17.1 Å². The number of amides is 2. The van der Waals surface area contributed by atoms with Crippen LogP contribution >= 0.6 is 11.8 Å². The summed E-state index contributed by atoms with van der Waals surface area (Å²) in [6.45, 7) is 3.64. The minimum absolute atomic E-state index is 0.0688. The van der Waals surface area contributed by atoms with Crippen LogP contribution in [0.1, 0.15) is 13.8 Å². The van der Waals surface area contributed by atoms with E-state index in [0.717, 1.165) is 5.69 Å². The number of para-hydroxylation sites is 1. The number of hydrogen-bond donors (Lipinski definition) is 2. The van der Waals surface area contributed by atoms with Gasteiger partial charge in [0.15, 0.2) is 11.0 Å². The van der Waals surface area contributed by atoms with Crippen LogP contribution < -0.4 is 10.6 Å². The molecule has 4 aromatic rings.